The van der Waals surface area contributed by atoms with Crippen LogP contribution >= 0.6 is 0 Å². The second-order valence-electron chi connectivity index (χ2n) is 3.53. The highest BCUT2D eigenvalue weighted by atomic mass is 16.5. The highest BCUT2D eigenvalue weighted by Gasteiger charge is 2.17. The Hall–Kier alpha value is -1.87. The number of ether oxygens (including phenoxy) is 1. The van der Waals surface area contributed by atoms with Crippen molar-refractivity contribution in [2.75, 3.05) is 7.11 Å². The van der Waals surface area contributed by atoms with Gasteiger partial charge in [0.25, 0.3) is 0 Å². The van der Waals surface area contributed by atoms with Crippen LogP contribution < -0.4 is 0 Å². The highest BCUT2D eigenvalue weighted by Crippen LogP contribution is 2.20. The van der Waals surface area contributed by atoms with Crippen molar-refractivity contribution >= 4 is 16.7 Å². The average molecular weight is 216 g/mol. The van der Waals surface area contributed by atoms with E-state index >= 15 is 0 Å². The van der Waals surface area contributed by atoms with E-state index in [1.165, 1.54) is 7.11 Å². The minimum absolute atomic E-state index is 0.547. The van der Waals surface area contributed by atoms with Crippen LogP contribution in [0, 0.1) is 0 Å². The lowest BCUT2D eigenvalue weighted by Gasteiger charge is -2.09. The number of rotatable bonds is 2. The zero-order valence-corrected chi connectivity index (χ0v) is 8.88. The largest absolute Gasteiger partial charge is 0.467 e. The molecular weight excluding hydrogens is 204 g/mol. The number of hydrogen-bond acceptors (Lipinski definition) is 3. The van der Waals surface area contributed by atoms with Gasteiger partial charge < -0.3 is 9.84 Å². The molecular formula is C13H12O3. The van der Waals surface area contributed by atoms with E-state index in [1.807, 2.05) is 30.3 Å². The lowest BCUT2D eigenvalue weighted by Crippen LogP contribution is -2.13. The summed E-state index contributed by atoms with van der Waals surface area (Å²) in [5.74, 6) is -0.643. The zero-order chi connectivity index (χ0) is 11.5. The molecule has 0 spiro atoms. The molecule has 1 N–H and O–H groups in total. The van der Waals surface area contributed by atoms with E-state index in [-0.39, 0.29) is 0 Å². The molecule has 0 aromatic heterocycles. The monoisotopic (exact) mass is 216 g/mol. The van der Waals surface area contributed by atoms with E-state index in [0.717, 1.165) is 10.8 Å². The molecule has 0 aliphatic heterocycles. The number of aliphatic hydroxyl groups is 1. The molecule has 3 heteroatoms. The molecule has 0 aliphatic rings. The van der Waals surface area contributed by atoms with Crippen molar-refractivity contribution in [2.45, 2.75) is 6.10 Å². The molecule has 0 unspecified atom stereocenters. The molecule has 0 radical (unpaired) electrons. The number of esters is 1. The summed E-state index contributed by atoms with van der Waals surface area (Å²) in [5, 5.41) is 11.7. The van der Waals surface area contributed by atoms with Gasteiger partial charge in [0.05, 0.1) is 7.11 Å². The van der Waals surface area contributed by atoms with Gasteiger partial charge in [0, 0.05) is 0 Å². The second kappa shape index (κ2) is 4.33. The number of aliphatic hydroxyl groups excluding tert-OH is 1. The molecule has 2 aromatic rings. The van der Waals surface area contributed by atoms with Crippen molar-refractivity contribution in [3.05, 3.63) is 48.0 Å². The number of carbonyl (C=O) groups is 1. The molecule has 2 rings (SSSR count). The Kier molecular flexibility index (Phi) is 2.88. The lowest BCUT2D eigenvalue weighted by atomic mass is 10.0. The minimum atomic E-state index is -1.21. The van der Waals surface area contributed by atoms with Crippen LogP contribution in [-0.4, -0.2) is 18.2 Å². The van der Waals surface area contributed by atoms with Gasteiger partial charge in [-0.2, -0.15) is 0 Å². The summed E-state index contributed by atoms with van der Waals surface area (Å²) in [6.45, 7) is 0. The normalized spacial score (nSPS) is 12.4. The predicted molar refractivity (Wildman–Crippen MR) is 60.9 cm³/mol. The van der Waals surface area contributed by atoms with Gasteiger partial charge in [0.15, 0.2) is 6.10 Å². The summed E-state index contributed by atoms with van der Waals surface area (Å²) in [6, 6.07) is 13.2. The van der Waals surface area contributed by atoms with Gasteiger partial charge in [-0.1, -0.05) is 36.4 Å². The quantitative estimate of drug-likeness (QED) is 0.781. The summed E-state index contributed by atoms with van der Waals surface area (Å²) >= 11 is 0. The number of methoxy groups -OCH3 is 1. The van der Waals surface area contributed by atoms with Crippen LogP contribution in [0.2, 0.25) is 0 Å². The van der Waals surface area contributed by atoms with Crippen LogP contribution in [-0.2, 0) is 9.53 Å². The van der Waals surface area contributed by atoms with Crippen molar-refractivity contribution in [1.82, 2.24) is 0 Å². The van der Waals surface area contributed by atoms with Gasteiger partial charge in [-0.3, -0.25) is 0 Å². The standard InChI is InChI=1S/C13H12O3/c1-16-13(15)12(14)11-7-6-9-4-2-3-5-10(9)8-11/h2-8,12,14H,1H3/t12-/m1/s1. The molecule has 0 bridgehead atoms. The molecule has 0 saturated carbocycles. The van der Waals surface area contributed by atoms with Gasteiger partial charge in [0.2, 0.25) is 0 Å². The maximum Gasteiger partial charge on any atom is 0.339 e. The first-order chi connectivity index (χ1) is 7.72. The summed E-state index contributed by atoms with van der Waals surface area (Å²) in [7, 11) is 1.26. The first-order valence-corrected chi connectivity index (χ1v) is 4.97. The van der Waals surface area contributed by atoms with Crippen molar-refractivity contribution in [3.63, 3.8) is 0 Å². The number of fused-ring (bicyclic) bond motifs is 1. The molecule has 0 saturated heterocycles. The molecule has 82 valence electrons. The van der Waals surface area contributed by atoms with E-state index in [0.29, 0.717) is 5.56 Å². The molecule has 3 nitrogen and oxygen atoms in total. The summed E-state index contributed by atoms with van der Waals surface area (Å²) in [5.41, 5.74) is 0.547. The third-order valence-corrected chi connectivity index (χ3v) is 2.51. The summed E-state index contributed by atoms with van der Waals surface area (Å²) < 4.78 is 4.49. The lowest BCUT2D eigenvalue weighted by molar-refractivity contribution is -0.150. The van der Waals surface area contributed by atoms with Crippen molar-refractivity contribution < 1.29 is 14.6 Å². The fourth-order valence-electron chi connectivity index (χ4n) is 1.63. The Balaban J connectivity index is 2.43. The minimum Gasteiger partial charge on any atom is -0.467 e. The Bertz CT molecular complexity index is 519. The number of carbonyl (C=O) groups excluding carboxylic acids is 1. The Labute approximate surface area is 93.3 Å². The van der Waals surface area contributed by atoms with Crippen LogP contribution in [0.25, 0.3) is 10.8 Å². The fraction of sp³-hybridized carbons (Fsp3) is 0.154. The van der Waals surface area contributed by atoms with E-state index in [1.54, 1.807) is 12.1 Å². The SMILES string of the molecule is COC(=O)[C@H](O)c1ccc2ccccc2c1. The van der Waals surface area contributed by atoms with Gasteiger partial charge in [-0.25, -0.2) is 4.79 Å². The topological polar surface area (TPSA) is 46.5 Å². The van der Waals surface area contributed by atoms with Crippen molar-refractivity contribution in [2.24, 2.45) is 0 Å². The fourth-order valence-corrected chi connectivity index (χ4v) is 1.63. The van der Waals surface area contributed by atoms with Gasteiger partial charge in [-0.15, -0.1) is 0 Å². The van der Waals surface area contributed by atoms with E-state index in [2.05, 4.69) is 4.74 Å². The predicted octanol–water partition coefficient (Wildman–Crippen LogP) is 2.05. The highest BCUT2D eigenvalue weighted by molar-refractivity contribution is 5.85. The third-order valence-electron chi connectivity index (χ3n) is 2.51. The van der Waals surface area contributed by atoms with Gasteiger partial charge >= 0.3 is 5.97 Å². The molecule has 1 atom stereocenters. The van der Waals surface area contributed by atoms with Crippen LogP contribution in [0.5, 0.6) is 0 Å². The molecule has 16 heavy (non-hydrogen) atoms. The van der Waals surface area contributed by atoms with Gasteiger partial charge in [-0.05, 0) is 22.4 Å². The number of hydrogen-bond donors (Lipinski definition) is 1. The first kappa shape index (κ1) is 10.6. The smallest absolute Gasteiger partial charge is 0.339 e. The third kappa shape index (κ3) is 1.90. The zero-order valence-electron chi connectivity index (χ0n) is 8.88. The Morgan fingerprint density at radius 1 is 1.19 bits per heavy atom. The molecule has 0 heterocycles. The maximum atomic E-state index is 11.2. The Morgan fingerprint density at radius 3 is 2.56 bits per heavy atom. The van der Waals surface area contributed by atoms with E-state index in [4.69, 9.17) is 0 Å². The van der Waals surface area contributed by atoms with Crippen molar-refractivity contribution in [1.29, 1.82) is 0 Å². The summed E-state index contributed by atoms with van der Waals surface area (Å²) in [4.78, 5) is 11.2. The first-order valence-electron chi connectivity index (χ1n) is 4.97. The second-order valence-corrected chi connectivity index (χ2v) is 3.53. The molecule has 0 amide bonds. The van der Waals surface area contributed by atoms with E-state index < -0.39 is 12.1 Å². The van der Waals surface area contributed by atoms with E-state index in [9.17, 15) is 9.90 Å². The van der Waals surface area contributed by atoms with Crippen LogP contribution in [0.4, 0.5) is 0 Å². The summed E-state index contributed by atoms with van der Waals surface area (Å²) in [6.07, 6.45) is -1.21. The van der Waals surface area contributed by atoms with Crippen molar-refractivity contribution in [3.8, 4) is 0 Å². The van der Waals surface area contributed by atoms with Crippen LogP contribution in [0.1, 0.15) is 11.7 Å². The average Bonchev–Trinajstić information content (AvgIpc) is 2.36. The molecule has 0 aliphatic carbocycles. The van der Waals surface area contributed by atoms with Gasteiger partial charge in [0.1, 0.15) is 0 Å². The number of benzene rings is 2. The van der Waals surface area contributed by atoms with Crippen LogP contribution in [0.15, 0.2) is 42.5 Å². The molecule has 0 fully saturated rings. The molecule has 2 aromatic carbocycles. The van der Waals surface area contributed by atoms with Crippen LogP contribution in [0.3, 0.4) is 0 Å². The maximum absolute atomic E-state index is 11.2. The Morgan fingerprint density at radius 2 is 1.88 bits per heavy atom.